The van der Waals surface area contributed by atoms with Crippen LogP contribution in [0.5, 0.6) is 0 Å². The van der Waals surface area contributed by atoms with E-state index in [1.807, 2.05) is 0 Å². The minimum atomic E-state index is 0.202. The van der Waals surface area contributed by atoms with E-state index in [1.165, 1.54) is 25.9 Å². The fourth-order valence-electron chi connectivity index (χ4n) is 3.01. The van der Waals surface area contributed by atoms with Crippen molar-refractivity contribution in [3.8, 4) is 0 Å². The zero-order chi connectivity index (χ0) is 8.89. The number of piperidine rings is 3. The Morgan fingerprint density at radius 3 is 2.69 bits per heavy atom. The normalized spacial score (nSPS) is 47.9. The molecule has 0 saturated carbocycles. The Bertz CT molecular complexity index is 258. The molecule has 72 valence electrons. The number of hydrazone groups is 1. The van der Waals surface area contributed by atoms with E-state index in [9.17, 15) is 0 Å². The zero-order valence-electron chi connectivity index (χ0n) is 7.59. The van der Waals surface area contributed by atoms with Gasteiger partial charge in [0, 0.05) is 13.0 Å². The van der Waals surface area contributed by atoms with Gasteiger partial charge in [0.1, 0.15) is 5.17 Å². The van der Waals surface area contributed by atoms with Gasteiger partial charge in [0.2, 0.25) is 0 Å². The smallest absolute Gasteiger partial charge is 0.128 e. The van der Waals surface area contributed by atoms with Crippen molar-refractivity contribution in [2.24, 2.45) is 11.0 Å². The molecular weight excluding hydrogens is 186 g/mol. The summed E-state index contributed by atoms with van der Waals surface area (Å²) in [6.45, 7) is 3.68. The standard InChI is InChI=1S/C9H14ClN3/c10-8-5-9(12-11-8)6-13-3-1-7(9)2-4-13/h7,12H,1-6H2. The molecule has 2 bridgehead atoms. The molecule has 4 heteroatoms. The van der Waals surface area contributed by atoms with Gasteiger partial charge >= 0.3 is 0 Å². The first kappa shape index (κ1) is 8.06. The van der Waals surface area contributed by atoms with E-state index < -0.39 is 0 Å². The van der Waals surface area contributed by atoms with Crippen molar-refractivity contribution < 1.29 is 0 Å². The lowest BCUT2D eigenvalue weighted by Crippen LogP contribution is -2.63. The summed E-state index contributed by atoms with van der Waals surface area (Å²) < 4.78 is 0. The first-order valence-electron chi connectivity index (χ1n) is 5.00. The third-order valence-corrected chi connectivity index (χ3v) is 3.95. The van der Waals surface area contributed by atoms with Crippen LogP contribution in [-0.4, -0.2) is 35.2 Å². The summed E-state index contributed by atoms with van der Waals surface area (Å²) in [6, 6.07) is 0. The number of hydrogen-bond acceptors (Lipinski definition) is 3. The Labute approximate surface area is 83.1 Å². The maximum Gasteiger partial charge on any atom is 0.128 e. The molecule has 4 aliphatic rings. The lowest BCUT2D eigenvalue weighted by Gasteiger charge is -2.51. The topological polar surface area (TPSA) is 27.6 Å². The Kier molecular flexibility index (Phi) is 1.62. The summed E-state index contributed by atoms with van der Waals surface area (Å²) in [6.07, 6.45) is 3.56. The minimum Gasteiger partial charge on any atom is -0.301 e. The first-order valence-corrected chi connectivity index (χ1v) is 5.38. The molecule has 1 atom stereocenters. The molecule has 4 aliphatic heterocycles. The Hall–Kier alpha value is -0.280. The van der Waals surface area contributed by atoms with E-state index in [2.05, 4.69) is 15.4 Å². The summed E-state index contributed by atoms with van der Waals surface area (Å²) in [4.78, 5) is 2.53. The molecular formula is C9H14ClN3. The second-order valence-electron chi connectivity index (χ2n) is 4.48. The highest BCUT2D eigenvalue weighted by atomic mass is 35.5. The van der Waals surface area contributed by atoms with Crippen LogP contribution in [-0.2, 0) is 0 Å². The van der Waals surface area contributed by atoms with Crippen molar-refractivity contribution in [3.63, 3.8) is 0 Å². The largest absolute Gasteiger partial charge is 0.301 e. The zero-order valence-corrected chi connectivity index (χ0v) is 8.35. The van der Waals surface area contributed by atoms with E-state index in [0.717, 1.165) is 24.1 Å². The lowest BCUT2D eigenvalue weighted by molar-refractivity contribution is 0.0163. The molecule has 4 rings (SSSR count). The van der Waals surface area contributed by atoms with E-state index in [0.29, 0.717) is 0 Å². The molecule has 3 saturated heterocycles. The molecule has 1 spiro atoms. The molecule has 0 aromatic carbocycles. The number of fused-ring (bicyclic) bond motifs is 2. The minimum absolute atomic E-state index is 0.202. The van der Waals surface area contributed by atoms with Crippen molar-refractivity contribution in [2.45, 2.75) is 24.8 Å². The van der Waals surface area contributed by atoms with Gasteiger partial charge < -0.3 is 10.3 Å². The van der Waals surface area contributed by atoms with Gasteiger partial charge in [-0.25, -0.2) is 0 Å². The van der Waals surface area contributed by atoms with Gasteiger partial charge in [0.05, 0.1) is 5.54 Å². The number of halogens is 1. The number of nitrogens with zero attached hydrogens (tertiary/aromatic N) is 2. The van der Waals surface area contributed by atoms with Crippen LogP contribution in [0.15, 0.2) is 5.10 Å². The predicted molar refractivity (Wildman–Crippen MR) is 52.9 cm³/mol. The molecule has 4 heterocycles. The van der Waals surface area contributed by atoms with Gasteiger partial charge in [0.15, 0.2) is 0 Å². The van der Waals surface area contributed by atoms with Crippen molar-refractivity contribution in [3.05, 3.63) is 0 Å². The second kappa shape index (κ2) is 2.61. The Balaban J connectivity index is 1.85. The maximum atomic E-state index is 5.94. The monoisotopic (exact) mass is 199 g/mol. The van der Waals surface area contributed by atoms with Crippen LogP contribution in [0.4, 0.5) is 0 Å². The van der Waals surface area contributed by atoms with Crippen LogP contribution in [0, 0.1) is 5.92 Å². The van der Waals surface area contributed by atoms with Crippen LogP contribution in [0.3, 0.4) is 0 Å². The Morgan fingerprint density at radius 2 is 2.23 bits per heavy atom. The van der Waals surface area contributed by atoms with E-state index in [1.54, 1.807) is 0 Å². The predicted octanol–water partition coefficient (Wildman–Crippen LogP) is 0.996. The van der Waals surface area contributed by atoms with Crippen molar-refractivity contribution in [1.29, 1.82) is 0 Å². The van der Waals surface area contributed by atoms with Gasteiger partial charge in [-0.2, -0.15) is 5.10 Å². The van der Waals surface area contributed by atoms with Gasteiger partial charge in [-0.3, -0.25) is 0 Å². The van der Waals surface area contributed by atoms with E-state index in [-0.39, 0.29) is 5.54 Å². The molecule has 3 fully saturated rings. The van der Waals surface area contributed by atoms with Crippen molar-refractivity contribution in [2.75, 3.05) is 19.6 Å². The molecule has 3 nitrogen and oxygen atoms in total. The van der Waals surface area contributed by atoms with Gasteiger partial charge in [-0.1, -0.05) is 11.6 Å². The number of hydrogen-bond donors (Lipinski definition) is 1. The summed E-state index contributed by atoms with van der Waals surface area (Å²) >= 11 is 5.94. The highest BCUT2D eigenvalue weighted by Crippen LogP contribution is 2.40. The third kappa shape index (κ3) is 1.10. The van der Waals surface area contributed by atoms with Crippen molar-refractivity contribution >= 4 is 16.8 Å². The molecule has 0 aliphatic carbocycles. The third-order valence-electron chi connectivity index (χ3n) is 3.74. The molecule has 0 aromatic heterocycles. The first-order chi connectivity index (χ1) is 6.28. The molecule has 13 heavy (non-hydrogen) atoms. The van der Waals surface area contributed by atoms with Crippen LogP contribution < -0.4 is 5.43 Å². The Morgan fingerprint density at radius 1 is 1.46 bits per heavy atom. The summed E-state index contributed by atoms with van der Waals surface area (Å²) in [5.41, 5.74) is 3.47. The van der Waals surface area contributed by atoms with Crippen LogP contribution in [0.2, 0.25) is 0 Å². The van der Waals surface area contributed by atoms with Gasteiger partial charge in [-0.05, 0) is 31.8 Å². The number of rotatable bonds is 0. The van der Waals surface area contributed by atoms with Crippen LogP contribution in [0.25, 0.3) is 0 Å². The highest BCUT2D eigenvalue weighted by molar-refractivity contribution is 6.65. The average molecular weight is 200 g/mol. The number of nitrogens with one attached hydrogen (secondary N) is 1. The summed E-state index contributed by atoms with van der Waals surface area (Å²) in [5, 5.41) is 4.90. The SMILES string of the molecule is ClC1=NNC2(C1)CN1CCC2CC1. The van der Waals surface area contributed by atoms with E-state index in [4.69, 9.17) is 11.6 Å². The van der Waals surface area contributed by atoms with E-state index >= 15 is 0 Å². The summed E-state index contributed by atoms with van der Waals surface area (Å²) in [5.74, 6) is 0.789. The quantitative estimate of drug-likeness (QED) is 0.631. The van der Waals surface area contributed by atoms with Crippen molar-refractivity contribution in [1.82, 2.24) is 10.3 Å². The molecule has 0 radical (unpaired) electrons. The van der Waals surface area contributed by atoms with Gasteiger partial charge in [0.25, 0.3) is 0 Å². The summed E-state index contributed by atoms with van der Waals surface area (Å²) in [7, 11) is 0. The molecule has 1 N–H and O–H groups in total. The highest BCUT2D eigenvalue weighted by Gasteiger charge is 2.49. The fourth-order valence-corrected chi connectivity index (χ4v) is 3.29. The molecule has 0 aromatic rings. The molecule has 0 amide bonds. The lowest BCUT2D eigenvalue weighted by atomic mass is 9.72. The fraction of sp³-hybridized carbons (Fsp3) is 0.889. The van der Waals surface area contributed by atoms with Gasteiger partial charge in [-0.15, -0.1) is 0 Å². The van der Waals surface area contributed by atoms with Crippen LogP contribution in [0.1, 0.15) is 19.3 Å². The maximum absolute atomic E-state index is 5.94. The van der Waals surface area contributed by atoms with Crippen LogP contribution >= 0.6 is 11.6 Å². The second-order valence-corrected chi connectivity index (χ2v) is 4.92. The molecule has 1 unspecified atom stereocenters. The average Bonchev–Trinajstić information content (AvgIpc) is 2.49.